The lowest BCUT2D eigenvalue weighted by Gasteiger charge is -2.15. The molecule has 1 N–H and O–H groups in total. The van der Waals surface area contributed by atoms with Crippen LogP contribution in [0.3, 0.4) is 0 Å². The molecule has 1 unspecified atom stereocenters. The van der Waals surface area contributed by atoms with Crippen molar-refractivity contribution in [3.05, 3.63) is 29.3 Å². The molecular weight excluding hydrogens is 234 g/mol. The first kappa shape index (κ1) is 14.3. The van der Waals surface area contributed by atoms with Crippen LogP contribution in [0.5, 0.6) is 5.75 Å². The smallest absolute Gasteiger partial charge is 0.123 e. The van der Waals surface area contributed by atoms with Gasteiger partial charge in [0.05, 0.1) is 7.11 Å². The minimum atomic E-state index is 0.485. The molecule has 0 radical (unpaired) electrons. The fourth-order valence-corrected chi connectivity index (χ4v) is 1.97. The number of alkyl halides is 1. The molecule has 0 aliphatic heterocycles. The predicted octanol–water partition coefficient (Wildman–Crippen LogP) is 3.50. The molecule has 1 aromatic carbocycles. The summed E-state index contributed by atoms with van der Waals surface area (Å²) in [6.45, 7) is 5.13. The molecule has 0 saturated carbocycles. The molecule has 2 nitrogen and oxygen atoms in total. The third kappa shape index (κ3) is 4.97. The van der Waals surface area contributed by atoms with E-state index in [-0.39, 0.29) is 0 Å². The Hall–Kier alpha value is -0.730. The first-order valence-corrected chi connectivity index (χ1v) is 6.63. The van der Waals surface area contributed by atoms with E-state index < -0.39 is 0 Å². The number of methoxy groups -OCH3 is 1. The van der Waals surface area contributed by atoms with Crippen molar-refractivity contribution < 1.29 is 4.74 Å². The fraction of sp³-hybridized carbons (Fsp3) is 0.571. The van der Waals surface area contributed by atoms with E-state index in [4.69, 9.17) is 16.3 Å². The first-order chi connectivity index (χ1) is 8.17. The van der Waals surface area contributed by atoms with Crippen molar-refractivity contribution in [1.29, 1.82) is 0 Å². The van der Waals surface area contributed by atoms with Crippen LogP contribution >= 0.6 is 11.6 Å². The molecule has 1 rings (SSSR count). The maximum Gasteiger partial charge on any atom is 0.123 e. The lowest BCUT2D eigenvalue weighted by Crippen LogP contribution is -2.25. The SMILES string of the molecule is COc1ccc(C)cc1CNC(C)CCCCl. The zero-order valence-electron chi connectivity index (χ0n) is 10.9. The van der Waals surface area contributed by atoms with Crippen LogP contribution in [0.2, 0.25) is 0 Å². The van der Waals surface area contributed by atoms with Gasteiger partial charge in [0.2, 0.25) is 0 Å². The van der Waals surface area contributed by atoms with Crippen LogP contribution in [0.15, 0.2) is 18.2 Å². The number of benzene rings is 1. The molecule has 0 spiro atoms. The molecule has 0 fully saturated rings. The van der Waals surface area contributed by atoms with E-state index in [0.29, 0.717) is 6.04 Å². The average Bonchev–Trinajstić information content (AvgIpc) is 2.34. The monoisotopic (exact) mass is 255 g/mol. The van der Waals surface area contributed by atoms with Crippen LogP contribution in [0.1, 0.15) is 30.9 Å². The summed E-state index contributed by atoms with van der Waals surface area (Å²) in [4.78, 5) is 0. The predicted molar refractivity (Wildman–Crippen MR) is 74.0 cm³/mol. The number of aryl methyl sites for hydroxylation is 1. The molecule has 96 valence electrons. The van der Waals surface area contributed by atoms with Gasteiger partial charge in [-0.3, -0.25) is 0 Å². The van der Waals surface area contributed by atoms with E-state index in [9.17, 15) is 0 Å². The summed E-state index contributed by atoms with van der Waals surface area (Å²) < 4.78 is 5.35. The highest BCUT2D eigenvalue weighted by Gasteiger charge is 2.05. The second-order valence-electron chi connectivity index (χ2n) is 4.43. The van der Waals surface area contributed by atoms with Crippen LogP contribution in [0.25, 0.3) is 0 Å². The third-order valence-electron chi connectivity index (χ3n) is 2.85. The van der Waals surface area contributed by atoms with Crippen molar-refractivity contribution in [2.24, 2.45) is 0 Å². The highest BCUT2D eigenvalue weighted by molar-refractivity contribution is 6.17. The Morgan fingerprint density at radius 2 is 2.18 bits per heavy atom. The van der Waals surface area contributed by atoms with Gasteiger partial charge in [0.25, 0.3) is 0 Å². The summed E-state index contributed by atoms with van der Waals surface area (Å²) in [5, 5.41) is 3.50. The van der Waals surface area contributed by atoms with E-state index in [1.807, 2.05) is 6.07 Å². The molecule has 0 aliphatic carbocycles. The number of nitrogens with one attached hydrogen (secondary N) is 1. The van der Waals surface area contributed by atoms with E-state index in [0.717, 1.165) is 31.0 Å². The zero-order chi connectivity index (χ0) is 12.7. The summed E-state index contributed by atoms with van der Waals surface area (Å²) in [7, 11) is 1.71. The van der Waals surface area contributed by atoms with Crippen molar-refractivity contribution in [3.63, 3.8) is 0 Å². The Kier molecular flexibility index (Phi) is 6.38. The summed E-state index contributed by atoms with van der Waals surface area (Å²) >= 11 is 5.68. The topological polar surface area (TPSA) is 21.3 Å². The van der Waals surface area contributed by atoms with Crippen LogP contribution in [0.4, 0.5) is 0 Å². The van der Waals surface area contributed by atoms with Crippen molar-refractivity contribution in [2.45, 2.75) is 39.3 Å². The van der Waals surface area contributed by atoms with E-state index in [2.05, 4.69) is 31.3 Å². The van der Waals surface area contributed by atoms with Gasteiger partial charge in [-0.05, 0) is 32.8 Å². The maximum atomic E-state index is 5.68. The van der Waals surface area contributed by atoms with Crippen molar-refractivity contribution in [1.82, 2.24) is 5.32 Å². The van der Waals surface area contributed by atoms with Crippen molar-refractivity contribution in [3.8, 4) is 5.75 Å². The zero-order valence-corrected chi connectivity index (χ0v) is 11.7. The Balaban J connectivity index is 2.52. The largest absolute Gasteiger partial charge is 0.496 e. The number of ether oxygens (including phenoxy) is 1. The summed E-state index contributed by atoms with van der Waals surface area (Å²) in [6, 6.07) is 6.74. The quantitative estimate of drug-likeness (QED) is 0.753. The van der Waals surface area contributed by atoms with Gasteiger partial charge in [0.1, 0.15) is 5.75 Å². The molecule has 0 bridgehead atoms. The minimum Gasteiger partial charge on any atom is -0.496 e. The van der Waals surface area contributed by atoms with E-state index >= 15 is 0 Å². The lowest BCUT2D eigenvalue weighted by atomic mass is 10.1. The standard InChI is InChI=1S/C14H22ClNO/c1-11-6-7-14(17-3)13(9-11)10-16-12(2)5-4-8-15/h6-7,9,12,16H,4-5,8,10H2,1-3H3. The number of hydrogen-bond donors (Lipinski definition) is 1. The molecule has 0 aliphatic rings. The normalized spacial score (nSPS) is 12.5. The molecule has 0 saturated heterocycles. The van der Waals surface area contributed by atoms with Gasteiger partial charge < -0.3 is 10.1 Å². The van der Waals surface area contributed by atoms with Gasteiger partial charge in [0, 0.05) is 24.0 Å². The number of hydrogen-bond acceptors (Lipinski definition) is 2. The van der Waals surface area contributed by atoms with Gasteiger partial charge in [0.15, 0.2) is 0 Å². The lowest BCUT2D eigenvalue weighted by molar-refractivity contribution is 0.404. The summed E-state index contributed by atoms with van der Waals surface area (Å²) in [5.41, 5.74) is 2.47. The van der Waals surface area contributed by atoms with Crippen LogP contribution in [-0.2, 0) is 6.54 Å². The third-order valence-corrected chi connectivity index (χ3v) is 3.11. The highest BCUT2D eigenvalue weighted by Crippen LogP contribution is 2.19. The Morgan fingerprint density at radius 1 is 1.41 bits per heavy atom. The number of halogens is 1. The van der Waals surface area contributed by atoms with Gasteiger partial charge in [-0.1, -0.05) is 17.7 Å². The van der Waals surface area contributed by atoms with E-state index in [1.165, 1.54) is 11.1 Å². The Bertz CT molecular complexity index is 341. The van der Waals surface area contributed by atoms with Gasteiger partial charge in [-0.25, -0.2) is 0 Å². The van der Waals surface area contributed by atoms with Gasteiger partial charge >= 0.3 is 0 Å². The average molecular weight is 256 g/mol. The van der Waals surface area contributed by atoms with Crippen molar-refractivity contribution >= 4 is 11.6 Å². The molecule has 17 heavy (non-hydrogen) atoms. The van der Waals surface area contributed by atoms with Gasteiger partial charge in [-0.2, -0.15) is 0 Å². The summed E-state index contributed by atoms with van der Waals surface area (Å²) in [6.07, 6.45) is 2.16. The molecular formula is C14H22ClNO. The molecule has 1 atom stereocenters. The molecule has 3 heteroatoms. The van der Waals surface area contributed by atoms with Crippen LogP contribution in [-0.4, -0.2) is 19.0 Å². The van der Waals surface area contributed by atoms with Crippen LogP contribution < -0.4 is 10.1 Å². The second kappa shape index (κ2) is 7.57. The van der Waals surface area contributed by atoms with Crippen LogP contribution in [0, 0.1) is 6.92 Å². The molecule has 1 aromatic rings. The summed E-state index contributed by atoms with van der Waals surface area (Å²) in [5.74, 6) is 1.69. The molecule has 0 aromatic heterocycles. The number of rotatable bonds is 7. The highest BCUT2D eigenvalue weighted by atomic mass is 35.5. The Morgan fingerprint density at radius 3 is 2.82 bits per heavy atom. The molecule has 0 heterocycles. The maximum absolute atomic E-state index is 5.68. The minimum absolute atomic E-state index is 0.485. The van der Waals surface area contributed by atoms with Crippen molar-refractivity contribution in [2.75, 3.05) is 13.0 Å². The Labute approximate surface area is 109 Å². The second-order valence-corrected chi connectivity index (χ2v) is 4.81. The van der Waals surface area contributed by atoms with E-state index in [1.54, 1.807) is 7.11 Å². The molecule has 0 amide bonds. The first-order valence-electron chi connectivity index (χ1n) is 6.10. The fourth-order valence-electron chi connectivity index (χ4n) is 1.82. The van der Waals surface area contributed by atoms with Gasteiger partial charge in [-0.15, -0.1) is 11.6 Å².